The Balaban J connectivity index is 2.04. The predicted molar refractivity (Wildman–Crippen MR) is 126 cm³/mol. The van der Waals surface area contributed by atoms with Crippen molar-refractivity contribution < 1.29 is 19.0 Å². The number of hydrogen-bond donors (Lipinski definition) is 4. The van der Waals surface area contributed by atoms with E-state index in [0.717, 1.165) is 5.56 Å². The fourth-order valence-corrected chi connectivity index (χ4v) is 4.61. The number of aliphatic hydroxyl groups is 1. The minimum atomic E-state index is -0.694. The highest BCUT2D eigenvalue weighted by molar-refractivity contribution is 7.99. The molecule has 3 aromatic rings. The minimum absolute atomic E-state index is 0.220. The van der Waals surface area contributed by atoms with Crippen molar-refractivity contribution in [2.75, 3.05) is 12.4 Å². The van der Waals surface area contributed by atoms with Gasteiger partial charge in [0.15, 0.2) is 0 Å². The van der Waals surface area contributed by atoms with Crippen molar-refractivity contribution in [3.63, 3.8) is 0 Å². The summed E-state index contributed by atoms with van der Waals surface area (Å²) in [5.41, 5.74) is 0.592. The molecule has 33 heavy (non-hydrogen) atoms. The van der Waals surface area contributed by atoms with Gasteiger partial charge in [0, 0.05) is 16.2 Å². The van der Waals surface area contributed by atoms with Crippen molar-refractivity contribution in [2.24, 2.45) is 0 Å². The third-order valence-electron chi connectivity index (χ3n) is 4.69. The number of aliphatic hydroxyl groups excluding tert-OH is 1. The van der Waals surface area contributed by atoms with E-state index >= 15 is 0 Å². The van der Waals surface area contributed by atoms with Gasteiger partial charge in [0.2, 0.25) is 0 Å². The number of rotatable bonds is 6. The van der Waals surface area contributed by atoms with Crippen molar-refractivity contribution in [1.82, 2.24) is 15.3 Å². The molecule has 176 valence electrons. The van der Waals surface area contributed by atoms with Crippen molar-refractivity contribution in [3.8, 4) is 11.1 Å². The minimum Gasteiger partial charge on any atom is -0.444 e. The van der Waals surface area contributed by atoms with Gasteiger partial charge >= 0.3 is 11.8 Å². The smallest absolute Gasteiger partial charge is 0.407 e. The van der Waals surface area contributed by atoms with Gasteiger partial charge < -0.3 is 20.1 Å². The zero-order valence-electron chi connectivity index (χ0n) is 18.7. The summed E-state index contributed by atoms with van der Waals surface area (Å²) < 4.78 is 18.8. The maximum atomic E-state index is 13.5. The SMILES string of the molecule is Cc1cc2c(=O)[nH]c(=O)[nH]c2c(SC[C@H](CO)NC(=O)OC(C)(C)C)c1-c1ccc(F)cc1. The van der Waals surface area contributed by atoms with Crippen molar-refractivity contribution in [3.05, 3.63) is 62.6 Å². The molecule has 0 aliphatic carbocycles. The van der Waals surface area contributed by atoms with Crippen molar-refractivity contribution >= 4 is 28.8 Å². The molecule has 1 heterocycles. The maximum Gasteiger partial charge on any atom is 0.407 e. The third kappa shape index (κ3) is 6.02. The molecule has 0 saturated carbocycles. The van der Waals surface area contributed by atoms with Crippen LogP contribution in [0.1, 0.15) is 26.3 Å². The summed E-state index contributed by atoms with van der Waals surface area (Å²) in [6.07, 6.45) is -0.667. The highest BCUT2D eigenvalue weighted by Gasteiger charge is 2.22. The molecule has 4 N–H and O–H groups in total. The van der Waals surface area contributed by atoms with Gasteiger partial charge in [0.1, 0.15) is 11.4 Å². The second kappa shape index (κ2) is 9.80. The molecule has 0 radical (unpaired) electrons. The van der Waals surface area contributed by atoms with Crippen LogP contribution >= 0.6 is 11.8 Å². The molecule has 3 rings (SSSR count). The quantitative estimate of drug-likeness (QED) is 0.406. The molecule has 8 nitrogen and oxygen atoms in total. The van der Waals surface area contributed by atoms with Gasteiger partial charge in [-0.05, 0) is 57.0 Å². The number of carbonyl (C=O) groups is 1. The van der Waals surface area contributed by atoms with Crippen molar-refractivity contribution in [1.29, 1.82) is 0 Å². The Labute approximate surface area is 193 Å². The summed E-state index contributed by atoms with van der Waals surface area (Å²) in [5.74, 6) is -0.171. The summed E-state index contributed by atoms with van der Waals surface area (Å²) in [6, 6.07) is 6.89. The van der Waals surface area contributed by atoms with E-state index in [1.807, 2.05) is 6.92 Å². The summed E-state index contributed by atoms with van der Waals surface area (Å²) in [4.78, 5) is 42.1. The lowest BCUT2D eigenvalue weighted by Crippen LogP contribution is -2.42. The largest absolute Gasteiger partial charge is 0.444 e. The Morgan fingerprint density at radius 2 is 1.88 bits per heavy atom. The number of thioether (sulfide) groups is 1. The number of halogens is 1. The number of carbonyl (C=O) groups excluding carboxylic acids is 1. The second-order valence-electron chi connectivity index (χ2n) is 8.57. The molecular weight excluding hydrogens is 449 g/mol. The van der Waals surface area contributed by atoms with Crippen LogP contribution in [0.2, 0.25) is 0 Å². The Kier molecular flexibility index (Phi) is 7.28. The van der Waals surface area contributed by atoms with Crippen LogP contribution in [0.5, 0.6) is 0 Å². The van der Waals surface area contributed by atoms with Crippen LogP contribution < -0.4 is 16.6 Å². The first-order chi connectivity index (χ1) is 15.5. The number of aromatic amines is 2. The monoisotopic (exact) mass is 475 g/mol. The Morgan fingerprint density at radius 1 is 1.21 bits per heavy atom. The number of ether oxygens (including phenoxy) is 1. The van der Waals surface area contributed by atoms with Gasteiger partial charge in [0.05, 0.1) is 23.6 Å². The standard InChI is InChI=1S/C23H26FN3O5S/c1-12-9-16-18(26-21(30)27-20(16)29)19(17(12)13-5-7-14(24)8-6-13)33-11-15(10-28)25-22(31)32-23(2,3)4/h5-9,15,28H,10-11H2,1-4H3,(H,25,31)(H2,26,27,29,30)/t15-/m0/s1. The van der Waals surface area contributed by atoms with Gasteiger partial charge in [-0.25, -0.2) is 14.0 Å². The lowest BCUT2D eigenvalue weighted by atomic mass is 9.98. The molecule has 0 aliphatic heterocycles. The average Bonchev–Trinajstić information content (AvgIpc) is 2.71. The average molecular weight is 476 g/mol. The molecule has 0 saturated heterocycles. The topological polar surface area (TPSA) is 124 Å². The van der Waals surface area contributed by atoms with Gasteiger partial charge in [-0.2, -0.15) is 0 Å². The van der Waals surface area contributed by atoms with E-state index in [1.54, 1.807) is 39.0 Å². The van der Waals surface area contributed by atoms with E-state index in [1.165, 1.54) is 23.9 Å². The number of benzene rings is 2. The lowest BCUT2D eigenvalue weighted by molar-refractivity contribution is 0.0491. The number of hydrogen-bond acceptors (Lipinski definition) is 6. The highest BCUT2D eigenvalue weighted by Crippen LogP contribution is 2.38. The van der Waals surface area contributed by atoms with E-state index < -0.39 is 34.8 Å². The van der Waals surface area contributed by atoms with Gasteiger partial charge in [-0.3, -0.25) is 9.78 Å². The number of nitrogens with one attached hydrogen (secondary N) is 3. The van der Waals surface area contributed by atoms with E-state index in [2.05, 4.69) is 15.3 Å². The van der Waals surface area contributed by atoms with Gasteiger partial charge in [0.25, 0.3) is 5.56 Å². The number of aryl methyl sites for hydroxylation is 1. The predicted octanol–water partition coefficient (Wildman–Crippen LogP) is 3.31. The number of H-pyrrole nitrogens is 2. The highest BCUT2D eigenvalue weighted by atomic mass is 32.2. The fraction of sp³-hybridized carbons (Fsp3) is 0.348. The first kappa shape index (κ1) is 24.5. The molecule has 0 unspecified atom stereocenters. The van der Waals surface area contributed by atoms with Crippen LogP contribution in [0.25, 0.3) is 22.0 Å². The van der Waals surface area contributed by atoms with Crippen LogP contribution in [0.3, 0.4) is 0 Å². The number of alkyl carbamates (subject to hydrolysis) is 1. The molecule has 10 heteroatoms. The third-order valence-corrected chi connectivity index (χ3v) is 5.96. The zero-order valence-corrected chi connectivity index (χ0v) is 19.6. The normalized spacial score (nSPS) is 12.5. The van der Waals surface area contributed by atoms with E-state index in [-0.39, 0.29) is 12.4 Å². The molecule has 1 atom stereocenters. The van der Waals surface area contributed by atoms with E-state index in [9.17, 15) is 23.9 Å². The van der Waals surface area contributed by atoms with Crippen LogP contribution in [0.15, 0.2) is 44.8 Å². The fourth-order valence-electron chi connectivity index (χ4n) is 3.32. The summed E-state index contributed by atoms with van der Waals surface area (Å²) in [6.45, 7) is 6.67. The van der Waals surface area contributed by atoms with Crippen LogP contribution in [0.4, 0.5) is 9.18 Å². The number of fused-ring (bicyclic) bond motifs is 1. The Hall–Kier alpha value is -3.11. The van der Waals surface area contributed by atoms with Crippen molar-refractivity contribution in [2.45, 2.75) is 44.2 Å². The first-order valence-electron chi connectivity index (χ1n) is 10.3. The molecular formula is C23H26FN3O5S. The van der Waals surface area contributed by atoms with Gasteiger partial charge in [-0.15, -0.1) is 11.8 Å². The molecule has 0 spiro atoms. The maximum absolute atomic E-state index is 13.5. The van der Waals surface area contributed by atoms with Crippen LogP contribution in [-0.4, -0.2) is 45.2 Å². The van der Waals surface area contributed by atoms with E-state index in [4.69, 9.17) is 4.74 Å². The zero-order chi connectivity index (χ0) is 24.3. The number of amides is 1. The summed E-state index contributed by atoms with van der Waals surface area (Å²) in [5, 5.41) is 12.7. The first-order valence-corrected chi connectivity index (χ1v) is 11.3. The van der Waals surface area contributed by atoms with E-state index in [0.29, 0.717) is 26.9 Å². The molecule has 2 aromatic carbocycles. The second-order valence-corrected chi connectivity index (χ2v) is 9.60. The lowest BCUT2D eigenvalue weighted by Gasteiger charge is -2.23. The van der Waals surface area contributed by atoms with Crippen LogP contribution in [-0.2, 0) is 4.74 Å². The molecule has 0 bridgehead atoms. The van der Waals surface area contributed by atoms with Gasteiger partial charge in [-0.1, -0.05) is 12.1 Å². The van der Waals surface area contributed by atoms with Crippen LogP contribution in [0, 0.1) is 12.7 Å². The number of aromatic nitrogens is 2. The Morgan fingerprint density at radius 3 is 2.48 bits per heavy atom. The molecule has 1 aromatic heterocycles. The Bertz CT molecular complexity index is 1280. The molecule has 0 aliphatic rings. The summed E-state index contributed by atoms with van der Waals surface area (Å²) >= 11 is 1.25. The summed E-state index contributed by atoms with van der Waals surface area (Å²) in [7, 11) is 0. The molecule has 1 amide bonds. The molecule has 0 fully saturated rings.